The van der Waals surface area contributed by atoms with E-state index in [1.807, 2.05) is 24.4 Å². The summed E-state index contributed by atoms with van der Waals surface area (Å²) < 4.78 is 5.90. The van der Waals surface area contributed by atoms with Crippen LogP contribution in [-0.4, -0.2) is 35.0 Å². The Morgan fingerprint density at radius 2 is 1.75 bits per heavy atom. The molecule has 1 aromatic rings. The zero-order valence-corrected chi connectivity index (χ0v) is 21.8. The number of carboxylic acids is 1. The maximum absolute atomic E-state index is 12.3. The van der Waals surface area contributed by atoms with Gasteiger partial charge in [-0.15, -0.1) is 0 Å². The lowest BCUT2D eigenvalue weighted by molar-refractivity contribution is -0.141. The quantitative estimate of drug-likeness (QED) is 0.425. The van der Waals surface area contributed by atoms with Gasteiger partial charge >= 0.3 is 5.97 Å². The lowest BCUT2D eigenvalue weighted by Crippen LogP contribution is -2.31. The second kappa shape index (κ2) is 11.2. The molecule has 180 valence electrons. The Bertz CT molecular complexity index is 837. The third kappa shape index (κ3) is 8.16. The van der Waals surface area contributed by atoms with Gasteiger partial charge in [-0.1, -0.05) is 73.1 Å². The number of allylic oxidation sites excluding steroid dienone is 1. The molecule has 1 rings (SSSR count). The molecule has 0 heterocycles. The number of carboxylic acid groups (broad SMARTS) is 1. The molecule has 0 fully saturated rings. The van der Waals surface area contributed by atoms with Crippen LogP contribution in [-0.2, 0) is 15.0 Å². The average molecular weight is 466 g/mol. The summed E-state index contributed by atoms with van der Waals surface area (Å²) in [7, 11) is 0. The molecule has 0 saturated heterocycles. The second-order valence-electron chi connectivity index (χ2n) is 10.6. The molecule has 5 nitrogen and oxygen atoms in total. The third-order valence-corrected chi connectivity index (χ3v) is 5.88. The van der Waals surface area contributed by atoms with Crippen LogP contribution in [0.2, 0.25) is 5.02 Å². The molecule has 0 spiro atoms. The van der Waals surface area contributed by atoms with E-state index < -0.39 is 17.3 Å². The van der Waals surface area contributed by atoms with Gasteiger partial charge in [0.05, 0.1) is 17.5 Å². The summed E-state index contributed by atoms with van der Waals surface area (Å²) in [6.07, 6.45) is 2.28. The number of aliphatic carboxylic acids is 1. The van der Waals surface area contributed by atoms with Crippen LogP contribution in [0.1, 0.15) is 74.3 Å². The van der Waals surface area contributed by atoms with Gasteiger partial charge in [0.1, 0.15) is 5.75 Å². The summed E-state index contributed by atoms with van der Waals surface area (Å²) in [5.41, 5.74) is 1.72. The molecule has 32 heavy (non-hydrogen) atoms. The number of nitrogens with zero attached hydrogens (tertiary/aromatic N) is 1. The lowest BCUT2D eigenvalue weighted by Gasteiger charge is -2.34. The molecule has 1 atom stereocenters. The third-order valence-electron chi connectivity index (χ3n) is 5.58. The van der Waals surface area contributed by atoms with Gasteiger partial charge < -0.3 is 14.7 Å². The summed E-state index contributed by atoms with van der Waals surface area (Å²) in [6.45, 7) is 18.8. The van der Waals surface area contributed by atoms with Crippen molar-refractivity contribution >= 4 is 23.5 Å². The molecule has 0 saturated carbocycles. The van der Waals surface area contributed by atoms with Gasteiger partial charge in [0, 0.05) is 25.1 Å². The van der Waals surface area contributed by atoms with Crippen molar-refractivity contribution < 1.29 is 19.4 Å². The maximum atomic E-state index is 12.3. The first kappa shape index (κ1) is 28.0. The van der Waals surface area contributed by atoms with Crippen molar-refractivity contribution in [3.8, 4) is 5.75 Å². The van der Waals surface area contributed by atoms with Crippen LogP contribution >= 0.6 is 11.6 Å². The topological polar surface area (TPSA) is 66.8 Å². The van der Waals surface area contributed by atoms with Gasteiger partial charge in [-0.05, 0) is 41.0 Å². The molecule has 6 heteroatoms. The number of hydrogen-bond acceptors (Lipinski definition) is 3. The minimum Gasteiger partial charge on any atom is -0.491 e. The first-order valence-electron chi connectivity index (χ1n) is 11.2. The molecule has 1 unspecified atom stereocenters. The summed E-state index contributed by atoms with van der Waals surface area (Å²) in [5, 5.41) is 9.73. The molecule has 0 bridgehead atoms. The Labute approximate surface area is 198 Å². The summed E-state index contributed by atoms with van der Waals surface area (Å²) >= 11 is 6.55. The van der Waals surface area contributed by atoms with Gasteiger partial charge in [0.25, 0.3) is 0 Å². The van der Waals surface area contributed by atoms with E-state index >= 15 is 0 Å². The van der Waals surface area contributed by atoms with Crippen molar-refractivity contribution in [3.05, 3.63) is 40.6 Å². The van der Waals surface area contributed by atoms with E-state index in [-0.39, 0.29) is 17.2 Å². The standard InChI is InChI=1S/C26H40ClNO4/c1-17(2)21(15-28(19(4)29)13-12-18(3)24(30)31)26(8,9)20-10-11-23(22(27)14-20)32-16-25(5,6)7/h10-11,14-15,17-18H,12-13,16H2,1-9H3,(H,30,31)/b21-15-. The van der Waals surface area contributed by atoms with E-state index in [0.717, 1.165) is 11.1 Å². The Morgan fingerprint density at radius 3 is 2.19 bits per heavy atom. The van der Waals surface area contributed by atoms with E-state index in [2.05, 4.69) is 48.5 Å². The zero-order valence-electron chi connectivity index (χ0n) is 21.1. The van der Waals surface area contributed by atoms with Crippen molar-refractivity contribution in [2.45, 2.75) is 74.1 Å². The van der Waals surface area contributed by atoms with E-state index in [1.54, 1.807) is 11.8 Å². The zero-order chi connectivity index (χ0) is 24.9. The fourth-order valence-corrected chi connectivity index (χ4v) is 3.67. The van der Waals surface area contributed by atoms with Crippen LogP contribution in [0.3, 0.4) is 0 Å². The molecule has 0 radical (unpaired) electrons. The highest BCUT2D eigenvalue weighted by Gasteiger charge is 2.30. The van der Waals surface area contributed by atoms with Gasteiger partial charge in [0.2, 0.25) is 5.91 Å². The SMILES string of the molecule is CC(=O)N(/C=C(/C(C)C)C(C)(C)c1ccc(OCC(C)(C)C)c(Cl)c1)CCC(C)C(=O)O. The van der Waals surface area contributed by atoms with E-state index in [1.165, 1.54) is 6.92 Å². The van der Waals surface area contributed by atoms with Crippen molar-refractivity contribution in [1.82, 2.24) is 4.90 Å². The van der Waals surface area contributed by atoms with Crippen LogP contribution < -0.4 is 4.74 Å². The minimum absolute atomic E-state index is 0.0309. The van der Waals surface area contributed by atoms with Gasteiger partial charge in [-0.2, -0.15) is 0 Å². The Morgan fingerprint density at radius 1 is 1.16 bits per heavy atom. The van der Waals surface area contributed by atoms with Gasteiger partial charge in [-0.25, -0.2) is 0 Å². The fourth-order valence-electron chi connectivity index (χ4n) is 3.44. The van der Waals surface area contributed by atoms with Crippen LogP contribution in [0, 0.1) is 17.3 Å². The van der Waals surface area contributed by atoms with E-state index in [0.29, 0.717) is 30.3 Å². The molecule has 1 amide bonds. The molecular formula is C26H40ClNO4. The average Bonchev–Trinajstić information content (AvgIpc) is 2.64. The highest BCUT2D eigenvalue weighted by molar-refractivity contribution is 6.32. The van der Waals surface area contributed by atoms with Crippen molar-refractivity contribution in [1.29, 1.82) is 0 Å². The number of benzene rings is 1. The van der Waals surface area contributed by atoms with Crippen LogP contribution in [0.25, 0.3) is 0 Å². The largest absolute Gasteiger partial charge is 0.491 e. The molecule has 0 aromatic heterocycles. The predicted octanol–water partition coefficient (Wildman–Crippen LogP) is 6.54. The molecule has 1 N–H and O–H groups in total. The second-order valence-corrected chi connectivity index (χ2v) is 11.0. The monoisotopic (exact) mass is 465 g/mol. The Balaban J connectivity index is 3.25. The highest BCUT2D eigenvalue weighted by atomic mass is 35.5. The highest BCUT2D eigenvalue weighted by Crippen LogP contribution is 2.39. The van der Waals surface area contributed by atoms with Crippen molar-refractivity contribution in [2.75, 3.05) is 13.2 Å². The summed E-state index contributed by atoms with van der Waals surface area (Å²) in [5.74, 6) is -0.658. The molecule has 0 aliphatic heterocycles. The normalized spacial score (nSPS) is 13.8. The Hall–Kier alpha value is -2.01. The predicted molar refractivity (Wildman–Crippen MR) is 131 cm³/mol. The van der Waals surface area contributed by atoms with E-state index in [4.69, 9.17) is 16.3 Å². The Kier molecular flexibility index (Phi) is 9.83. The number of halogens is 1. The first-order valence-corrected chi connectivity index (χ1v) is 11.6. The number of hydrogen-bond donors (Lipinski definition) is 1. The number of carbonyl (C=O) groups is 2. The number of rotatable bonds is 10. The molecule has 1 aromatic carbocycles. The number of carbonyl (C=O) groups excluding carboxylic acids is 1. The number of ether oxygens (including phenoxy) is 1. The van der Waals surface area contributed by atoms with Crippen LogP contribution in [0.4, 0.5) is 0 Å². The minimum atomic E-state index is -0.856. The molecular weight excluding hydrogens is 426 g/mol. The molecule has 0 aliphatic carbocycles. The van der Waals surface area contributed by atoms with Crippen molar-refractivity contribution in [3.63, 3.8) is 0 Å². The van der Waals surface area contributed by atoms with Gasteiger partial charge in [-0.3, -0.25) is 9.59 Å². The van der Waals surface area contributed by atoms with Crippen molar-refractivity contribution in [2.24, 2.45) is 17.3 Å². The fraction of sp³-hybridized carbons (Fsp3) is 0.615. The summed E-state index contributed by atoms with van der Waals surface area (Å²) in [6, 6.07) is 5.85. The lowest BCUT2D eigenvalue weighted by atomic mass is 9.73. The maximum Gasteiger partial charge on any atom is 0.306 e. The molecule has 0 aliphatic rings. The number of amides is 1. The summed E-state index contributed by atoms with van der Waals surface area (Å²) in [4.78, 5) is 25.1. The first-order chi connectivity index (χ1) is 14.6. The van der Waals surface area contributed by atoms with Gasteiger partial charge in [0.15, 0.2) is 0 Å². The van der Waals surface area contributed by atoms with Crippen LogP contribution in [0.5, 0.6) is 5.75 Å². The van der Waals surface area contributed by atoms with Crippen LogP contribution in [0.15, 0.2) is 30.0 Å². The smallest absolute Gasteiger partial charge is 0.306 e. The van der Waals surface area contributed by atoms with E-state index in [9.17, 15) is 14.7 Å².